The molecule has 7 nitrogen and oxygen atoms in total. The number of hydrogen-bond donors (Lipinski definition) is 0. The molecular formula is C35H45N5O2. The summed E-state index contributed by atoms with van der Waals surface area (Å²) in [6.07, 6.45) is 9.64. The maximum absolute atomic E-state index is 6.38. The minimum absolute atomic E-state index is 0.0220. The van der Waals surface area contributed by atoms with E-state index >= 15 is 0 Å². The summed E-state index contributed by atoms with van der Waals surface area (Å²) < 4.78 is 17.0. The Morgan fingerprint density at radius 2 is 1.57 bits per heavy atom. The molecule has 0 N–H and O–H groups in total. The highest BCUT2D eigenvalue weighted by molar-refractivity contribution is 5.97. The smallest absolute Gasteiger partial charge is 0.150 e. The van der Waals surface area contributed by atoms with Crippen LogP contribution in [0, 0.1) is 0 Å². The predicted molar refractivity (Wildman–Crippen MR) is 167 cm³/mol. The predicted octanol–water partition coefficient (Wildman–Crippen LogP) is 8.27. The van der Waals surface area contributed by atoms with E-state index in [0.29, 0.717) is 0 Å². The molecule has 0 saturated carbocycles. The summed E-state index contributed by atoms with van der Waals surface area (Å²) in [4.78, 5) is 5.54. The van der Waals surface area contributed by atoms with Crippen LogP contribution < -0.4 is 0 Å². The standard InChI is InChI=1S/C35H45N5O2/c1-34(2,3)28-22-27(39(37-28)29-16-8-10-19-41-29)26-21-23-13-6-7-14-24(23)31(36-26)32-25-15-12-18-35(4,5)33(25)38-40(32)30-17-9-11-20-42-30/h6-7,13-14,21-22,29-30H,8-12,15-20H2,1-5H3. The maximum Gasteiger partial charge on any atom is 0.150 e. The van der Waals surface area contributed by atoms with Crippen molar-refractivity contribution < 1.29 is 9.47 Å². The van der Waals surface area contributed by atoms with Crippen molar-refractivity contribution in [3.63, 3.8) is 0 Å². The minimum Gasteiger partial charge on any atom is -0.356 e. The number of rotatable bonds is 4. The molecule has 3 aliphatic rings. The molecule has 0 radical (unpaired) electrons. The lowest BCUT2D eigenvalue weighted by Crippen LogP contribution is -2.24. The lowest BCUT2D eigenvalue weighted by Gasteiger charge is -2.28. The Bertz CT molecular complexity index is 1600. The van der Waals surface area contributed by atoms with E-state index in [2.05, 4.69) is 80.4 Å². The molecule has 1 aromatic carbocycles. The average molecular weight is 568 g/mol. The van der Waals surface area contributed by atoms with Gasteiger partial charge < -0.3 is 9.47 Å². The van der Waals surface area contributed by atoms with E-state index < -0.39 is 0 Å². The van der Waals surface area contributed by atoms with Crippen molar-refractivity contribution >= 4 is 10.8 Å². The molecule has 4 aromatic rings. The van der Waals surface area contributed by atoms with Crippen LogP contribution in [0.25, 0.3) is 33.5 Å². The zero-order chi connectivity index (χ0) is 29.1. The van der Waals surface area contributed by atoms with Gasteiger partial charge >= 0.3 is 0 Å². The van der Waals surface area contributed by atoms with E-state index in [1.807, 2.05) is 0 Å². The van der Waals surface area contributed by atoms with Gasteiger partial charge in [-0.15, -0.1) is 0 Å². The van der Waals surface area contributed by atoms with Crippen molar-refractivity contribution in [2.24, 2.45) is 0 Å². The van der Waals surface area contributed by atoms with Gasteiger partial charge in [-0.2, -0.15) is 10.2 Å². The van der Waals surface area contributed by atoms with Crippen LogP contribution in [0.1, 0.15) is 115 Å². The van der Waals surface area contributed by atoms with Gasteiger partial charge in [0.15, 0.2) is 12.5 Å². The molecule has 0 amide bonds. The number of ether oxygens (including phenoxy) is 2. The quantitative estimate of drug-likeness (QED) is 0.248. The Labute approximate surface area is 249 Å². The number of benzene rings is 1. The second-order valence-corrected chi connectivity index (χ2v) is 14.2. The Kier molecular flexibility index (Phi) is 7.01. The first-order valence-corrected chi connectivity index (χ1v) is 16.1. The monoisotopic (exact) mass is 567 g/mol. The first kappa shape index (κ1) is 27.8. The summed E-state index contributed by atoms with van der Waals surface area (Å²) in [6.45, 7) is 12.9. The molecule has 1 aliphatic carbocycles. The fourth-order valence-electron chi connectivity index (χ4n) is 7.05. The van der Waals surface area contributed by atoms with Gasteiger partial charge in [-0.05, 0) is 75.3 Å². The largest absolute Gasteiger partial charge is 0.356 e. The Morgan fingerprint density at radius 3 is 2.26 bits per heavy atom. The van der Waals surface area contributed by atoms with E-state index in [-0.39, 0.29) is 23.3 Å². The van der Waals surface area contributed by atoms with Crippen LogP contribution in [0.5, 0.6) is 0 Å². The van der Waals surface area contributed by atoms with Gasteiger partial charge in [0.25, 0.3) is 0 Å². The van der Waals surface area contributed by atoms with Crippen LogP contribution in [0.3, 0.4) is 0 Å². The topological polar surface area (TPSA) is 67.0 Å². The van der Waals surface area contributed by atoms with Crippen molar-refractivity contribution in [1.82, 2.24) is 24.5 Å². The number of nitrogens with zero attached hydrogens (tertiary/aromatic N) is 5. The Balaban J connectivity index is 1.48. The van der Waals surface area contributed by atoms with Gasteiger partial charge in [0, 0.05) is 35.0 Å². The molecule has 5 heterocycles. The summed E-state index contributed by atoms with van der Waals surface area (Å²) in [5.41, 5.74) is 7.64. The van der Waals surface area contributed by atoms with Crippen molar-refractivity contribution in [3.8, 4) is 22.8 Å². The molecule has 2 atom stereocenters. The number of fused-ring (bicyclic) bond motifs is 2. The van der Waals surface area contributed by atoms with Crippen LogP contribution >= 0.6 is 0 Å². The molecule has 0 spiro atoms. The van der Waals surface area contributed by atoms with Crippen LogP contribution in [0.15, 0.2) is 36.4 Å². The number of aromatic nitrogens is 5. The molecule has 2 saturated heterocycles. The van der Waals surface area contributed by atoms with Crippen molar-refractivity contribution in [2.75, 3.05) is 13.2 Å². The van der Waals surface area contributed by atoms with Crippen LogP contribution in [0.2, 0.25) is 0 Å². The molecule has 3 aromatic heterocycles. The second kappa shape index (κ2) is 10.6. The summed E-state index contributed by atoms with van der Waals surface area (Å²) >= 11 is 0. The van der Waals surface area contributed by atoms with Gasteiger partial charge in [0.05, 0.1) is 34.2 Å². The molecule has 222 valence electrons. The molecule has 2 fully saturated rings. The number of hydrogen-bond acceptors (Lipinski definition) is 5. The van der Waals surface area contributed by atoms with Crippen molar-refractivity contribution in [3.05, 3.63) is 53.3 Å². The molecule has 2 aliphatic heterocycles. The van der Waals surface area contributed by atoms with Crippen molar-refractivity contribution in [1.29, 1.82) is 0 Å². The average Bonchev–Trinajstić information content (AvgIpc) is 3.62. The lowest BCUT2D eigenvalue weighted by molar-refractivity contribution is -0.0387. The Morgan fingerprint density at radius 1 is 0.857 bits per heavy atom. The summed E-state index contributed by atoms with van der Waals surface area (Å²) in [6, 6.07) is 13.1. The third-order valence-electron chi connectivity index (χ3n) is 9.47. The van der Waals surface area contributed by atoms with Crippen molar-refractivity contribution in [2.45, 2.75) is 116 Å². The molecule has 7 heteroatoms. The van der Waals surface area contributed by atoms with E-state index in [9.17, 15) is 0 Å². The first-order chi connectivity index (χ1) is 20.2. The molecule has 0 bridgehead atoms. The van der Waals surface area contributed by atoms with Gasteiger partial charge in [-0.3, -0.25) is 0 Å². The van der Waals surface area contributed by atoms with E-state index in [4.69, 9.17) is 24.7 Å². The van der Waals surface area contributed by atoms with E-state index in [0.717, 1.165) is 105 Å². The fourth-order valence-corrected chi connectivity index (χ4v) is 7.05. The normalized spacial score (nSPS) is 22.8. The maximum atomic E-state index is 6.38. The third kappa shape index (κ3) is 4.88. The van der Waals surface area contributed by atoms with Crippen LogP contribution in [-0.2, 0) is 26.7 Å². The lowest BCUT2D eigenvalue weighted by atomic mass is 9.76. The van der Waals surface area contributed by atoms with Gasteiger partial charge in [-0.1, -0.05) is 58.9 Å². The molecular weight excluding hydrogens is 522 g/mol. The molecule has 7 rings (SSSR count). The van der Waals surface area contributed by atoms with Crippen LogP contribution in [-0.4, -0.2) is 37.8 Å². The zero-order valence-electron chi connectivity index (χ0n) is 25.9. The van der Waals surface area contributed by atoms with E-state index in [1.54, 1.807) is 0 Å². The third-order valence-corrected chi connectivity index (χ3v) is 9.47. The van der Waals surface area contributed by atoms with Gasteiger partial charge in [0.1, 0.15) is 0 Å². The van der Waals surface area contributed by atoms with Gasteiger partial charge in [-0.25, -0.2) is 14.3 Å². The minimum atomic E-state index is -0.0874. The first-order valence-electron chi connectivity index (χ1n) is 16.1. The van der Waals surface area contributed by atoms with E-state index in [1.165, 1.54) is 16.6 Å². The highest BCUT2D eigenvalue weighted by Gasteiger charge is 2.37. The second-order valence-electron chi connectivity index (χ2n) is 14.2. The highest BCUT2D eigenvalue weighted by atomic mass is 16.5. The Hall–Kier alpha value is -3.03. The summed E-state index contributed by atoms with van der Waals surface area (Å²) in [7, 11) is 0. The summed E-state index contributed by atoms with van der Waals surface area (Å²) in [5, 5.41) is 12.8. The van der Waals surface area contributed by atoms with Gasteiger partial charge in [0.2, 0.25) is 0 Å². The fraction of sp³-hybridized carbons (Fsp3) is 0.571. The summed E-state index contributed by atoms with van der Waals surface area (Å²) in [5.74, 6) is 0. The molecule has 42 heavy (non-hydrogen) atoms. The molecule has 2 unspecified atom stereocenters. The zero-order valence-corrected chi connectivity index (χ0v) is 25.9. The SMILES string of the molecule is CC(C)(C)c1cc(-c2cc3ccccc3c(-c3c4c(nn3C3CCCCO3)C(C)(C)CCC4)n2)n(C2CCCCO2)n1. The van der Waals surface area contributed by atoms with Crippen LogP contribution in [0.4, 0.5) is 0 Å². The number of pyridine rings is 1. The highest BCUT2D eigenvalue weighted by Crippen LogP contribution is 2.44.